The maximum Gasteiger partial charge on any atom is 0.222 e. The van der Waals surface area contributed by atoms with Crippen LogP contribution in [0.4, 0.5) is 0 Å². The molecule has 3 rings (SSSR count). The molecule has 0 radical (unpaired) electrons. The third kappa shape index (κ3) is 3.52. The second-order valence-electron chi connectivity index (χ2n) is 7.58. The van der Waals surface area contributed by atoms with Crippen LogP contribution < -0.4 is 10.6 Å². The number of hydrogen-bond acceptors (Lipinski definition) is 3. The SMILES string of the molecule is CCC(=O)N1CCC(NC(=NC)NC2C3CCOC3C2(C)C)C1.I. The van der Waals surface area contributed by atoms with Crippen LogP contribution in [0.3, 0.4) is 0 Å². The molecule has 2 N–H and O–H groups in total. The second kappa shape index (κ2) is 7.76. The molecule has 1 saturated carbocycles. The quantitative estimate of drug-likeness (QED) is 0.390. The van der Waals surface area contributed by atoms with Gasteiger partial charge in [0.2, 0.25) is 5.91 Å². The van der Waals surface area contributed by atoms with Gasteiger partial charge in [-0.25, -0.2) is 0 Å². The van der Waals surface area contributed by atoms with Crippen LogP contribution in [-0.2, 0) is 9.53 Å². The Morgan fingerprint density at radius 1 is 1.33 bits per heavy atom. The van der Waals surface area contributed by atoms with Crippen LogP contribution in [0.5, 0.6) is 0 Å². The normalized spacial score (nSPS) is 34.2. The number of nitrogens with zero attached hydrogens (tertiary/aromatic N) is 2. The van der Waals surface area contributed by atoms with Crippen molar-refractivity contribution in [3.8, 4) is 0 Å². The fourth-order valence-electron chi connectivity index (χ4n) is 4.46. The highest BCUT2D eigenvalue weighted by molar-refractivity contribution is 14.0. The number of halogens is 1. The first-order valence-corrected chi connectivity index (χ1v) is 8.86. The van der Waals surface area contributed by atoms with Crippen LogP contribution in [0, 0.1) is 11.3 Å². The average molecular weight is 450 g/mol. The summed E-state index contributed by atoms with van der Waals surface area (Å²) in [6.45, 7) is 8.94. The van der Waals surface area contributed by atoms with Gasteiger partial charge in [-0.3, -0.25) is 9.79 Å². The molecule has 138 valence electrons. The highest BCUT2D eigenvalue weighted by Gasteiger charge is 2.59. The van der Waals surface area contributed by atoms with E-state index in [0.717, 1.165) is 38.5 Å². The van der Waals surface area contributed by atoms with E-state index in [-0.39, 0.29) is 41.3 Å². The maximum absolute atomic E-state index is 11.8. The van der Waals surface area contributed by atoms with Gasteiger partial charge in [0.1, 0.15) is 0 Å². The van der Waals surface area contributed by atoms with Crippen molar-refractivity contribution in [2.45, 2.75) is 58.2 Å². The Kier molecular flexibility index (Phi) is 6.39. The maximum atomic E-state index is 11.8. The van der Waals surface area contributed by atoms with Crippen molar-refractivity contribution in [1.29, 1.82) is 0 Å². The van der Waals surface area contributed by atoms with E-state index in [0.29, 0.717) is 24.5 Å². The molecule has 6 nitrogen and oxygen atoms in total. The number of carbonyl (C=O) groups excluding carboxylic acids is 1. The van der Waals surface area contributed by atoms with E-state index in [1.54, 1.807) is 0 Å². The molecule has 0 bridgehead atoms. The number of rotatable bonds is 3. The minimum absolute atomic E-state index is 0. The summed E-state index contributed by atoms with van der Waals surface area (Å²) in [5.41, 5.74) is 0.138. The summed E-state index contributed by atoms with van der Waals surface area (Å²) in [7, 11) is 1.81. The van der Waals surface area contributed by atoms with Crippen molar-refractivity contribution in [2.24, 2.45) is 16.3 Å². The van der Waals surface area contributed by atoms with Crippen molar-refractivity contribution in [3.63, 3.8) is 0 Å². The number of nitrogens with one attached hydrogen (secondary N) is 2. The zero-order valence-electron chi connectivity index (χ0n) is 15.2. The largest absolute Gasteiger partial charge is 0.377 e. The smallest absolute Gasteiger partial charge is 0.222 e. The molecule has 3 fully saturated rings. The molecular weight excluding hydrogens is 419 g/mol. The Bertz CT molecular complexity index is 497. The van der Waals surface area contributed by atoms with Crippen molar-refractivity contribution in [3.05, 3.63) is 0 Å². The lowest BCUT2D eigenvalue weighted by molar-refractivity contribution is -0.129. The molecule has 0 spiro atoms. The van der Waals surface area contributed by atoms with Crippen molar-refractivity contribution < 1.29 is 9.53 Å². The average Bonchev–Trinajstić information content (AvgIpc) is 3.18. The van der Waals surface area contributed by atoms with E-state index in [1.807, 2.05) is 18.9 Å². The predicted molar refractivity (Wildman–Crippen MR) is 106 cm³/mol. The van der Waals surface area contributed by atoms with Crippen LogP contribution in [0.25, 0.3) is 0 Å². The van der Waals surface area contributed by atoms with Crippen LogP contribution in [0.15, 0.2) is 4.99 Å². The third-order valence-electron chi connectivity index (χ3n) is 5.80. The Labute approximate surface area is 162 Å². The van der Waals surface area contributed by atoms with Gasteiger partial charge in [-0.15, -0.1) is 24.0 Å². The highest BCUT2D eigenvalue weighted by atomic mass is 127. The zero-order valence-corrected chi connectivity index (χ0v) is 17.5. The van der Waals surface area contributed by atoms with E-state index in [1.165, 1.54) is 0 Å². The lowest BCUT2D eigenvalue weighted by Gasteiger charge is -2.55. The lowest BCUT2D eigenvalue weighted by Crippen LogP contribution is -2.68. The summed E-state index contributed by atoms with van der Waals surface area (Å²) in [6.07, 6.45) is 3.07. The first-order valence-electron chi connectivity index (χ1n) is 8.86. The molecule has 3 aliphatic rings. The van der Waals surface area contributed by atoms with Crippen molar-refractivity contribution in [2.75, 3.05) is 26.7 Å². The number of ether oxygens (including phenoxy) is 1. The fourth-order valence-corrected chi connectivity index (χ4v) is 4.46. The van der Waals surface area contributed by atoms with Crippen LogP contribution >= 0.6 is 24.0 Å². The minimum Gasteiger partial charge on any atom is -0.377 e. The molecule has 0 aromatic carbocycles. The minimum atomic E-state index is 0. The number of aliphatic imine (C=N–C) groups is 1. The number of carbonyl (C=O) groups is 1. The number of guanidine groups is 1. The number of amides is 1. The van der Waals surface area contributed by atoms with Gasteiger partial charge < -0.3 is 20.3 Å². The van der Waals surface area contributed by atoms with Crippen LogP contribution in [0.2, 0.25) is 0 Å². The summed E-state index contributed by atoms with van der Waals surface area (Å²) < 4.78 is 5.85. The molecule has 0 aromatic rings. The molecule has 2 aliphatic heterocycles. The van der Waals surface area contributed by atoms with Crippen molar-refractivity contribution in [1.82, 2.24) is 15.5 Å². The number of likely N-dealkylation sites (tertiary alicyclic amines) is 1. The van der Waals surface area contributed by atoms with Gasteiger partial charge in [0.05, 0.1) is 6.10 Å². The molecule has 0 aromatic heterocycles. The predicted octanol–water partition coefficient (Wildman–Crippen LogP) is 1.59. The lowest BCUT2D eigenvalue weighted by atomic mass is 9.57. The van der Waals surface area contributed by atoms with Gasteiger partial charge in [0, 0.05) is 56.6 Å². The van der Waals surface area contributed by atoms with Gasteiger partial charge in [-0.1, -0.05) is 20.8 Å². The first-order chi connectivity index (χ1) is 11.0. The summed E-state index contributed by atoms with van der Waals surface area (Å²) in [5, 5.41) is 7.10. The Morgan fingerprint density at radius 3 is 2.75 bits per heavy atom. The topological polar surface area (TPSA) is 66.0 Å². The van der Waals surface area contributed by atoms with E-state index in [4.69, 9.17) is 4.74 Å². The molecule has 4 atom stereocenters. The summed E-state index contributed by atoms with van der Waals surface area (Å²) >= 11 is 0. The van der Waals surface area contributed by atoms with Crippen LogP contribution in [0.1, 0.15) is 40.0 Å². The Morgan fingerprint density at radius 2 is 2.08 bits per heavy atom. The number of fused-ring (bicyclic) bond motifs is 1. The number of hydrogen-bond donors (Lipinski definition) is 2. The summed E-state index contributed by atoms with van der Waals surface area (Å²) in [5.74, 6) is 1.68. The van der Waals surface area contributed by atoms with E-state index in [2.05, 4.69) is 29.5 Å². The fraction of sp³-hybridized carbons (Fsp3) is 0.882. The molecule has 4 unspecified atom stereocenters. The summed E-state index contributed by atoms with van der Waals surface area (Å²) in [4.78, 5) is 18.1. The second-order valence-corrected chi connectivity index (χ2v) is 7.58. The highest BCUT2D eigenvalue weighted by Crippen LogP contribution is 2.52. The summed E-state index contributed by atoms with van der Waals surface area (Å²) in [6, 6.07) is 0.687. The van der Waals surface area contributed by atoms with Gasteiger partial charge >= 0.3 is 0 Å². The monoisotopic (exact) mass is 450 g/mol. The van der Waals surface area contributed by atoms with Gasteiger partial charge in [-0.2, -0.15) is 0 Å². The van der Waals surface area contributed by atoms with Crippen LogP contribution in [-0.4, -0.2) is 61.7 Å². The molecule has 1 aliphatic carbocycles. The molecule has 1 amide bonds. The molecule has 7 heteroatoms. The van der Waals surface area contributed by atoms with E-state index in [9.17, 15) is 4.79 Å². The molecule has 2 heterocycles. The van der Waals surface area contributed by atoms with Crippen molar-refractivity contribution >= 4 is 35.8 Å². The Balaban J connectivity index is 0.00000208. The zero-order chi connectivity index (χ0) is 16.6. The standard InChI is InChI=1S/C17H30N4O2.HI/c1-5-13(22)21-8-6-11(10-21)19-16(18-4)20-14-12-7-9-23-15(12)17(14,2)3;/h11-12,14-15H,5-10H2,1-4H3,(H2,18,19,20);1H. The molecule has 24 heavy (non-hydrogen) atoms. The molecular formula is C17H31IN4O2. The third-order valence-corrected chi connectivity index (χ3v) is 5.80. The van der Waals surface area contributed by atoms with Gasteiger partial charge in [0.15, 0.2) is 5.96 Å². The first kappa shape index (κ1) is 19.8. The Hall–Kier alpha value is -0.570. The van der Waals surface area contributed by atoms with E-state index < -0.39 is 0 Å². The van der Waals surface area contributed by atoms with E-state index >= 15 is 0 Å². The van der Waals surface area contributed by atoms with Gasteiger partial charge in [0.25, 0.3) is 0 Å². The van der Waals surface area contributed by atoms with Gasteiger partial charge in [-0.05, 0) is 12.8 Å². The molecule has 2 saturated heterocycles.